The predicted octanol–water partition coefficient (Wildman–Crippen LogP) is 4.75. The van der Waals surface area contributed by atoms with Gasteiger partial charge >= 0.3 is 6.18 Å². The molecule has 0 radical (unpaired) electrons. The minimum absolute atomic E-state index is 0.142. The summed E-state index contributed by atoms with van der Waals surface area (Å²) >= 11 is 1.37. The zero-order chi connectivity index (χ0) is 14.0. The van der Waals surface area contributed by atoms with E-state index in [1.165, 1.54) is 17.8 Å². The summed E-state index contributed by atoms with van der Waals surface area (Å²) in [4.78, 5) is 1.61. The average Bonchev–Trinajstić information content (AvgIpc) is 2.33. The van der Waals surface area contributed by atoms with Gasteiger partial charge in [-0.05, 0) is 36.8 Å². The van der Waals surface area contributed by atoms with Crippen LogP contribution in [0, 0.1) is 6.92 Å². The molecule has 0 saturated carbocycles. The summed E-state index contributed by atoms with van der Waals surface area (Å²) in [6.07, 6.45) is -4.36. The Morgan fingerprint density at radius 2 is 1.68 bits per heavy atom. The first-order valence-electron chi connectivity index (χ1n) is 5.58. The van der Waals surface area contributed by atoms with Crippen LogP contribution in [0.3, 0.4) is 0 Å². The van der Waals surface area contributed by atoms with E-state index in [0.717, 1.165) is 22.6 Å². The summed E-state index contributed by atoms with van der Waals surface area (Å²) in [6.45, 7) is 1.95. The van der Waals surface area contributed by atoms with Crippen LogP contribution in [-0.2, 0) is 6.18 Å². The first-order valence-corrected chi connectivity index (χ1v) is 6.40. The first kappa shape index (κ1) is 13.8. The van der Waals surface area contributed by atoms with Gasteiger partial charge in [0.25, 0.3) is 0 Å². The summed E-state index contributed by atoms with van der Waals surface area (Å²) in [6, 6.07) is 11.1. The lowest BCUT2D eigenvalue weighted by Crippen LogP contribution is -2.05. The number of nitrogen functional groups attached to an aromatic ring is 1. The second kappa shape index (κ2) is 5.17. The van der Waals surface area contributed by atoms with Gasteiger partial charge in [0, 0.05) is 15.5 Å². The topological polar surface area (TPSA) is 26.0 Å². The molecule has 0 unspecified atom stereocenters. The van der Waals surface area contributed by atoms with Crippen LogP contribution >= 0.6 is 11.8 Å². The van der Waals surface area contributed by atoms with E-state index in [1.807, 2.05) is 31.2 Å². The molecule has 5 heteroatoms. The van der Waals surface area contributed by atoms with Gasteiger partial charge in [-0.25, -0.2) is 0 Å². The Kier molecular flexibility index (Phi) is 3.75. The maximum Gasteiger partial charge on any atom is 0.416 e. The smallest absolute Gasteiger partial charge is 0.398 e. The molecular weight excluding hydrogens is 271 g/mol. The molecule has 0 amide bonds. The van der Waals surface area contributed by atoms with Gasteiger partial charge in [0.1, 0.15) is 0 Å². The van der Waals surface area contributed by atoms with E-state index in [9.17, 15) is 13.2 Å². The van der Waals surface area contributed by atoms with Gasteiger partial charge in [0.05, 0.1) is 5.56 Å². The second-order valence-corrected chi connectivity index (χ2v) is 5.20. The van der Waals surface area contributed by atoms with E-state index >= 15 is 0 Å². The van der Waals surface area contributed by atoms with Crippen LogP contribution < -0.4 is 5.73 Å². The molecular formula is C14H12F3NS. The standard InChI is InChI=1S/C14H12F3NS/c1-9-4-2-3-5-12(9)19-13-7-6-10(8-11(13)18)14(15,16)17/h2-8H,18H2,1H3. The zero-order valence-corrected chi connectivity index (χ0v) is 11.0. The normalized spacial score (nSPS) is 11.6. The fourth-order valence-electron chi connectivity index (χ4n) is 1.61. The van der Waals surface area contributed by atoms with Crippen molar-refractivity contribution in [1.82, 2.24) is 0 Å². The van der Waals surface area contributed by atoms with Crippen molar-refractivity contribution in [2.45, 2.75) is 22.9 Å². The van der Waals surface area contributed by atoms with Crippen molar-refractivity contribution in [3.05, 3.63) is 53.6 Å². The maximum absolute atomic E-state index is 12.5. The summed E-state index contributed by atoms with van der Waals surface area (Å²) in [5.41, 5.74) is 6.18. The molecule has 0 aliphatic carbocycles. The largest absolute Gasteiger partial charge is 0.416 e. The molecule has 100 valence electrons. The van der Waals surface area contributed by atoms with Crippen LogP contribution in [0.25, 0.3) is 0 Å². The molecule has 0 fully saturated rings. The summed E-state index contributed by atoms with van der Waals surface area (Å²) in [7, 11) is 0. The summed E-state index contributed by atoms with van der Waals surface area (Å²) in [5.74, 6) is 0. The van der Waals surface area contributed by atoms with E-state index < -0.39 is 11.7 Å². The Labute approximate surface area is 113 Å². The number of hydrogen-bond donors (Lipinski definition) is 1. The second-order valence-electron chi connectivity index (χ2n) is 4.12. The quantitative estimate of drug-likeness (QED) is 0.805. The first-order chi connectivity index (χ1) is 8.88. The van der Waals surface area contributed by atoms with Crippen molar-refractivity contribution >= 4 is 17.4 Å². The number of alkyl halides is 3. The van der Waals surface area contributed by atoms with E-state index in [-0.39, 0.29) is 5.69 Å². The van der Waals surface area contributed by atoms with Crippen LogP contribution in [0.15, 0.2) is 52.3 Å². The highest BCUT2D eigenvalue weighted by Crippen LogP contribution is 2.37. The number of halogens is 3. The fourth-order valence-corrected chi connectivity index (χ4v) is 2.53. The number of rotatable bonds is 2. The van der Waals surface area contributed by atoms with Crippen molar-refractivity contribution in [3.63, 3.8) is 0 Å². The summed E-state index contributed by atoms with van der Waals surface area (Å²) < 4.78 is 37.6. The molecule has 1 nitrogen and oxygen atoms in total. The van der Waals surface area contributed by atoms with E-state index in [0.29, 0.717) is 4.90 Å². The van der Waals surface area contributed by atoms with Crippen molar-refractivity contribution < 1.29 is 13.2 Å². The highest BCUT2D eigenvalue weighted by Gasteiger charge is 2.30. The Morgan fingerprint density at radius 3 is 2.26 bits per heavy atom. The van der Waals surface area contributed by atoms with Crippen molar-refractivity contribution in [1.29, 1.82) is 0 Å². The Morgan fingerprint density at radius 1 is 1.00 bits per heavy atom. The third-order valence-corrected chi connectivity index (χ3v) is 3.92. The number of anilines is 1. The number of aryl methyl sites for hydroxylation is 1. The average molecular weight is 283 g/mol. The Balaban J connectivity index is 2.30. The molecule has 0 bridgehead atoms. The van der Waals surface area contributed by atoms with Crippen molar-refractivity contribution in [2.24, 2.45) is 0 Å². The van der Waals surface area contributed by atoms with Gasteiger partial charge in [-0.3, -0.25) is 0 Å². The number of benzene rings is 2. The fraction of sp³-hybridized carbons (Fsp3) is 0.143. The van der Waals surface area contributed by atoms with Crippen LogP contribution in [0.1, 0.15) is 11.1 Å². The highest BCUT2D eigenvalue weighted by molar-refractivity contribution is 7.99. The number of hydrogen-bond acceptors (Lipinski definition) is 2. The van der Waals surface area contributed by atoms with Crippen LogP contribution in [0.4, 0.5) is 18.9 Å². The van der Waals surface area contributed by atoms with Gasteiger partial charge in [-0.15, -0.1) is 0 Å². The monoisotopic (exact) mass is 283 g/mol. The van der Waals surface area contributed by atoms with Crippen molar-refractivity contribution in [3.8, 4) is 0 Å². The van der Waals surface area contributed by atoms with Gasteiger partial charge in [-0.2, -0.15) is 13.2 Å². The summed E-state index contributed by atoms with van der Waals surface area (Å²) in [5, 5.41) is 0. The molecule has 0 aliphatic heterocycles. The third-order valence-electron chi connectivity index (χ3n) is 2.65. The third kappa shape index (κ3) is 3.23. The van der Waals surface area contributed by atoms with Gasteiger partial charge < -0.3 is 5.73 Å². The van der Waals surface area contributed by atoms with Gasteiger partial charge in [0.15, 0.2) is 0 Å². The molecule has 2 aromatic rings. The van der Waals surface area contributed by atoms with Crippen molar-refractivity contribution in [2.75, 3.05) is 5.73 Å². The van der Waals surface area contributed by atoms with Crippen LogP contribution in [0.5, 0.6) is 0 Å². The zero-order valence-electron chi connectivity index (χ0n) is 10.2. The molecule has 2 N–H and O–H groups in total. The van der Waals surface area contributed by atoms with Gasteiger partial charge in [-0.1, -0.05) is 30.0 Å². The minimum Gasteiger partial charge on any atom is -0.398 e. The van der Waals surface area contributed by atoms with E-state index in [1.54, 1.807) is 0 Å². The van der Waals surface area contributed by atoms with E-state index in [4.69, 9.17) is 5.73 Å². The van der Waals surface area contributed by atoms with Gasteiger partial charge in [0.2, 0.25) is 0 Å². The molecule has 0 atom stereocenters. The molecule has 0 spiro atoms. The predicted molar refractivity (Wildman–Crippen MR) is 71.2 cm³/mol. The lowest BCUT2D eigenvalue weighted by Gasteiger charge is -2.11. The van der Waals surface area contributed by atoms with E-state index in [2.05, 4.69) is 0 Å². The minimum atomic E-state index is -4.36. The molecule has 0 aliphatic rings. The number of nitrogens with two attached hydrogens (primary N) is 1. The Bertz CT molecular complexity index is 593. The molecule has 0 aromatic heterocycles. The Hall–Kier alpha value is -1.62. The lowest BCUT2D eigenvalue weighted by molar-refractivity contribution is -0.137. The molecule has 0 saturated heterocycles. The maximum atomic E-state index is 12.5. The highest BCUT2D eigenvalue weighted by atomic mass is 32.2. The lowest BCUT2D eigenvalue weighted by atomic mass is 10.2. The molecule has 2 rings (SSSR count). The SMILES string of the molecule is Cc1ccccc1Sc1ccc(C(F)(F)F)cc1N. The molecule has 19 heavy (non-hydrogen) atoms. The molecule has 0 heterocycles. The molecule has 2 aromatic carbocycles. The van der Waals surface area contributed by atoms with Crippen LogP contribution in [-0.4, -0.2) is 0 Å². The van der Waals surface area contributed by atoms with Crippen LogP contribution in [0.2, 0.25) is 0 Å².